The highest BCUT2D eigenvalue weighted by Gasteiger charge is 2.28. The standard InChI is InChI=1S/C20H23FN2O/c1-13(7-8-14(2)24)19-15(3)23(18-11-9-17(21)10-12-18)22-20(19)16-5-4-6-16/h7,9-12,16H,4-6,8H2,1-3H3/b13-7-. The number of allylic oxidation sites excluding steroid dienone is 2. The van der Waals surface area contributed by atoms with Gasteiger partial charge in [0.25, 0.3) is 0 Å². The lowest BCUT2D eigenvalue weighted by Crippen LogP contribution is -2.11. The smallest absolute Gasteiger partial charge is 0.133 e. The van der Waals surface area contributed by atoms with Crippen molar-refractivity contribution in [2.45, 2.75) is 52.4 Å². The lowest BCUT2D eigenvalue weighted by molar-refractivity contribution is -0.116. The molecule has 3 nitrogen and oxygen atoms in total. The van der Waals surface area contributed by atoms with Crippen molar-refractivity contribution in [3.8, 4) is 5.69 Å². The van der Waals surface area contributed by atoms with Crippen LogP contribution in [0.15, 0.2) is 30.3 Å². The summed E-state index contributed by atoms with van der Waals surface area (Å²) in [6.07, 6.45) is 5.99. The Bertz CT molecular complexity index is 783. The van der Waals surface area contributed by atoms with E-state index in [4.69, 9.17) is 5.10 Å². The zero-order chi connectivity index (χ0) is 17.3. The van der Waals surface area contributed by atoms with Crippen LogP contribution in [0, 0.1) is 12.7 Å². The first-order valence-electron chi connectivity index (χ1n) is 8.49. The number of rotatable bonds is 5. The van der Waals surface area contributed by atoms with E-state index in [1.54, 1.807) is 19.1 Å². The van der Waals surface area contributed by atoms with Gasteiger partial charge >= 0.3 is 0 Å². The fourth-order valence-electron chi connectivity index (χ4n) is 3.21. The van der Waals surface area contributed by atoms with Crippen LogP contribution in [0.5, 0.6) is 0 Å². The van der Waals surface area contributed by atoms with E-state index >= 15 is 0 Å². The molecule has 0 spiro atoms. The number of ketones is 1. The number of carbonyl (C=O) groups excluding carboxylic acids is 1. The molecular formula is C20H23FN2O. The van der Waals surface area contributed by atoms with Crippen LogP contribution >= 0.6 is 0 Å². The molecule has 1 aliphatic rings. The number of carbonyl (C=O) groups is 1. The maximum absolute atomic E-state index is 13.2. The molecule has 0 bridgehead atoms. The van der Waals surface area contributed by atoms with E-state index in [1.807, 2.05) is 24.6 Å². The van der Waals surface area contributed by atoms with Gasteiger partial charge < -0.3 is 0 Å². The minimum absolute atomic E-state index is 0.156. The molecule has 0 amide bonds. The maximum atomic E-state index is 13.2. The summed E-state index contributed by atoms with van der Waals surface area (Å²) in [7, 11) is 0. The quantitative estimate of drug-likeness (QED) is 0.777. The number of Topliss-reactive ketones (excluding diaryl/α,β-unsaturated/α-hetero) is 1. The average Bonchev–Trinajstić information content (AvgIpc) is 2.81. The Hall–Kier alpha value is -2.23. The number of nitrogens with zero attached hydrogens (tertiary/aromatic N) is 2. The van der Waals surface area contributed by atoms with Crippen LogP contribution in [-0.4, -0.2) is 15.6 Å². The fourth-order valence-corrected chi connectivity index (χ4v) is 3.21. The Kier molecular flexibility index (Phi) is 4.65. The predicted octanol–water partition coefficient (Wildman–Crippen LogP) is 4.97. The largest absolute Gasteiger partial charge is 0.300 e. The molecular weight excluding hydrogens is 303 g/mol. The van der Waals surface area contributed by atoms with Crippen LogP contribution in [0.4, 0.5) is 4.39 Å². The molecule has 0 radical (unpaired) electrons. The van der Waals surface area contributed by atoms with Gasteiger partial charge in [0.05, 0.1) is 11.4 Å². The van der Waals surface area contributed by atoms with Crippen molar-refractivity contribution in [1.29, 1.82) is 0 Å². The molecule has 1 aromatic heterocycles. The van der Waals surface area contributed by atoms with E-state index in [0.29, 0.717) is 12.3 Å². The summed E-state index contributed by atoms with van der Waals surface area (Å²) in [5, 5.41) is 4.85. The summed E-state index contributed by atoms with van der Waals surface area (Å²) in [5.74, 6) is 0.393. The molecule has 24 heavy (non-hydrogen) atoms. The third-order valence-corrected chi connectivity index (χ3v) is 4.80. The molecule has 4 heteroatoms. The van der Waals surface area contributed by atoms with Crippen molar-refractivity contribution in [1.82, 2.24) is 9.78 Å². The van der Waals surface area contributed by atoms with Crippen LogP contribution in [-0.2, 0) is 4.79 Å². The number of hydrogen-bond acceptors (Lipinski definition) is 2. The van der Waals surface area contributed by atoms with Crippen molar-refractivity contribution in [3.05, 3.63) is 53.1 Å². The highest BCUT2D eigenvalue weighted by atomic mass is 19.1. The van der Waals surface area contributed by atoms with Crippen molar-refractivity contribution in [3.63, 3.8) is 0 Å². The first-order chi connectivity index (χ1) is 11.5. The molecule has 0 atom stereocenters. The zero-order valence-corrected chi connectivity index (χ0v) is 14.5. The Balaban J connectivity index is 2.07. The van der Waals surface area contributed by atoms with Crippen molar-refractivity contribution in [2.24, 2.45) is 0 Å². The SMILES string of the molecule is CC(=O)C/C=C(/C)c1c(C2CCC2)nn(-c2ccc(F)cc2)c1C. The fraction of sp³-hybridized carbons (Fsp3) is 0.400. The summed E-state index contributed by atoms with van der Waals surface area (Å²) in [6, 6.07) is 6.41. The summed E-state index contributed by atoms with van der Waals surface area (Å²) in [5.41, 5.74) is 5.25. The normalized spacial score (nSPS) is 15.4. The van der Waals surface area contributed by atoms with E-state index in [1.165, 1.54) is 18.6 Å². The van der Waals surface area contributed by atoms with Crippen LogP contribution in [0.25, 0.3) is 11.3 Å². The van der Waals surface area contributed by atoms with Gasteiger partial charge in [0.2, 0.25) is 0 Å². The number of hydrogen-bond donors (Lipinski definition) is 0. The molecule has 1 aromatic carbocycles. The van der Waals surface area contributed by atoms with Gasteiger partial charge in [-0.25, -0.2) is 9.07 Å². The van der Waals surface area contributed by atoms with Gasteiger partial charge in [-0.3, -0.25) is 4.79 Å². The molecule has 0 aliphatic heterocycles. The molecule has 1 saturated carbocycles. The van der Waals surface area contributed by atoms with Gasteiger partial charge in [0, 0.05) is 23.6 Å². The summed E-state index contributed by atoms with van der Waals surface area (Å²) in [4.78, 5) is 11.3. The van der Waals surface area contributed by atoms with E-state index in [0.717, 1.165) is 41.1 Å². The minimum Gasteiger partial charge on any atom is -0.300 e. The number of halogens is 1. The Morgan fingerprint density at radius 2 is 1.96 bits per heavy atom. The highest BCUT2D eigenvalue weighted by molar-refractivity contribution is 5.80. The van der Waals surface area contributed by atoms with E-state index in [9.17, 15) is 9.18 Å². The van der Waals surface area contributed by atoms with Crippen LogP contribution in [0.3, 0.4) is 0 Å². The second kappa shape index (κ2) is 6.71. The maximum Gasteiger partial charge on any atom is 0.133 e. The molecule has 2 aromatic rings. The molecule has 1 heterocycles. The van der Waals surface area contributed by atoms with Crippen molar-refractivity contribution in [2.75, 3.05) is 0 Å². The summed E-state index contributed by atoms with van der Waals surface area (Å²) >= 11 is 0. The van der Waals surface area contributed by atoms with Crippen molar-refractivity contribution < 1.29 is 9.18 Å². The van der Waals surface area contributed by atoms with Gasteiger partial charge in [-0.1, -0.05) is 12.5 Å². The molecule has 0 unspecified atom stereocenters. The van der Waals surface area contributed by atoms with Gasteiger partial charge in [-0.15, -0.1) is 0 Å². The molecule has 1 fully saturated rings. The second-order valence-electron chi connectivity index (χ2n) is 6.65. The lowest BCUT2D eigenvalue weighted by atomic mass is 9.80. The van der Waals surface area contributed by atoms with E-state index in [-0.39, 0.29) is 11.6 Å². The zero-order valence-electron chi connectivity index (χ0n) is 14.5. The third-order valence-electron chi connectivity index (χ3n) is 4.80. The van der Waals surface area contributed by atoms with E-state index in [2.05, 4.69) is 0 Å². The van der Waals surface area contributed by atoms with Gasteiger partial charge in [0.15, 0.2) is 0 Å². The molecule has 1 aliphatic carbocycles. The highest BCUT2D eigenvalue weighted by Crippen LogP contribution is 2.40. The van der Waals surface area contributed by atoms with Crippen LogP contribution < -0.4 is 0 Å². The van der Waals surface area contributed by atoms with E-state index < -0.39 is 0 Å². The van der Waals surface area contributed by atoms with Gasteiger partial charge in [-0.05, 0) is 63.5 Å². The van der Waals surface area contributed by atoms with Gasteiger partial charge in [0.1, 0.15) is 11.6 Å². The lowest BCUT2D eigenvalue weighted by Gasteiger charge is -2.24. The third kappa shape index (κ3) is 3.18. The summed E-state index contributed by atoms with van der Waals surface area (Å²) < 4.78 is 15.1. The number of benzene rings is 1. The summed E-state index contributed by atoms with van der Waals surface area (Å²) in [6.45, 7) is 5.69. The topological polar surface area (TPSA) is 34.9 Å². The second-order valence-corrected chi connectivity index (χ2v) is 6.65. The van der Waals surface area contributed by atoms with Crippen LogP contribution in [0.1, 0.15) is 62.4 Å². The predicted molar refractivity (Wildman–Crippen MR) is 93.8 cm³/mol. The Morgan fingerprint density at radius 1 is 1.29 bits per heavy atom. The average molecular weight is 326 g/mol. The Morgan fingerprint density at radius 3 is 2.50 bits per heavy atom. The Labute approximate surface area is 142 Å². The molecule has 3 rings (SSSR count). The molecule has 126 valence electrons. The molecule has 0 N–H and O–H groups in total. The van der Waals surface area contributed by atoms with Crippen LogP contribution in [0.2, 0.25) is 0 Å². The van der Waals surface area contributed by atoms with Gasteiger partial charge in [-0.2, -0.15) is 5.10 Å². The monoisotopic (exact) mass is 326 g/mol. The molecule has 0 saturated heterocycles. The minimum atomic E-state index is -0.250. The first kappa shape index (κ1) is 16.6. The van der Waals surface area contributed by atoms with Crippen molar-refractivity contribution >= 4 is 11.4 Å². The number of aromatic nitrogens is 2. The first-order valence-corrected chi connectivity index (χ1v) is 8.49.